The highest BCUT2D eigenvalue weighted by molar-refractivity contribution is 6.30. The van der Waals surface area contributed by atoms with Crippen LogP contribution >= 0.6 is 11.6 Å². The highest BCUT2D eigenvalue weighted by Crippen LogP contribution is 2.33. The first-order chi connectivity index (χ1) is 12.2. The van der Waals surface area contributed by atoms with Gasteiger partial charge in [-0.3, -0.25) is 9.20 Å². The molecular formula is C20H14ClN3O. The molecule has 0 unspecified atom stereocenters. The van der Waals surface area contributed by atoms with Crippen molar-refractivity contribution >= 4 is 34.2 Å². The van der Waals surface area contributed by atoms with Crippen LogP contribution in [0.4, 0.5) is 0 Å². The summed E-state index contributed by atoms with van der Waals surface area (Å²) in [5.41, 5.74) is 4.53. The van der Waals surface area contributed by atoms with E-state index in [4.69, 9.17) is 16.6 Å². The number of hydrogen-bond acceptors (Lipinski definition) is 3. The minimum absolute atomic E-state index is 0.133. The number of rotatable bonds is 1. The molecule has 1 aliphatic rings. The Labute approximate surface area is 149 Å². The smallest absolute Gasteiger partial charge is 0.235 e. The average Bonchev–Trinajstić information content (AvgIpc) is 2.98. The molecule has 0 spiro atoms. The van der Waals surface area contributed by atoms with Crippen LogP contribution in [-0.2, 0) is 6.42 Å². The van der Waals surface area contributed by atoms with Gasteiger partial charge in [0.2, 0.25) is 5.78 Å². The van der Waals surface area contributed by atoms with Gasteiger partial charge in [0, 0.05) is 17.6 Å². The zero-order valence-corrected chi connectivity index (χ0v) is 14.1. The van der Waals surface area contributed by atoms with Gasteiger partial charge in [0.1, 0.15) is 0 Å². The van der Waals surface area contributed by atoms with Crippen molar-refractivity contribution in [2.24, 2.45) is 0 Å². The molecule has 25 heavy (non-hydrogen) atoms. The molecule has 5 heteroatoms. The third kappa shape index (κ3) is 2.33. The molecule has 2 aromatic heterocycles. The zero-order chi connectivity index (χ0) is 17.0. The van der Waals surface area contributed by atoms with Crippen LogP contribution in [0.15, 0.2) is 54.7 Å². The van der Waals surface area contributed by atoms with Gasteiger partial charge in [0.25, 0.3) is 0 Å². The van der Waals surface area contributed by atoms with Crippen LogP contribution < -0.4 is 0 Å². The SMILES string of the molecule is O=C1C[C@@H](c2ccc(Cl)cc2)Cc2nc3nc4ccccc4n3cc21. The number of imidazole rings is 1. The molecule has 0 radical (unpaired) electrons. The molecule has 0 N–H and O–H groups in total. The maximum Gasteiger partial charge on any atom is 0.235 e. The lowest BCUT2D eigenvalue weighted by atomic mass is 9.82. The van der Waals surface area contributed by atoms with Gasteiger partial charge in [0.05, 0.1) is 22.3 Å². The van der Waals surface area contributed by atoms with Crippen LogP contribution in [0.2, 0.25) is 5.02 Å². The lowest BCUT2D eigenvalue weighted by molar-refractivity contribution is 0.0962. The van der Waals surface area contributed by atoms with Crippen LogP contribution in [0.3, 0.4) is 0 Å². The average molecular weight is 348 g/mol. The minimum Gasteiger partial charge on any atom is -0.294 e. The first kappa shape index (κ1) is 14.6. The van der Waals surface area contributed by atoms with Gasteiger partial charge in [0.15, 0.2) is 5.78 Å². The Morgan fingerprint density at radius 1 is 1.00 bits per heavy atom. The summed E-state index contributed by atoms with van der Waals surface area (Å²) in [4.78, 5) is 22.0. The summed E-state index contributed by atoms with van der Waals surface area (Å²) in [6, 6.07) is 15.6. The molecule has 0 saturated heterocycles. The van der Waals surface area contributed by atoms with Crippen molar-refractivity contribution in [3.63, 3.8) is 0 Å². The van der Waals surface area contributed by atoms with Crippen molar-refractivity contribution in [1.29, 1.82) is 0 Å². The Balaban J connectivity index is 1.63. The van der Waals surface area contributed by atoms with Gasteiger partial charge in [-0.2, -0.15) is 0 Å². The predicted molar refractivity (Wildman–Crippen MR) is 97.3 cm³/mol. The third-order valence-corrected chi connectivity index (χ3v) is 5.15. The monoisotopic (exact) mass is 347 g/mol. The first-order valence-corrected chi connectivity index (χ1v) is 8.62. The number of carbonyl (C=O) groups excluding carboxylic acids is 1. The minimum atomic E-state index is 0.133. The Hall–Kier alpha value is -2.72. The number of para-hydroxylation sites is 2. The highest BCUT2D eigenvalue weighted by atomic mass is 35.5. The number of aromatic nitrogens is 3. The summed E-state index contributed by atoms with van der Waals surface area (Å²) in [6.07, 6.45) is 3.13. The molecule has 0 saturated carbocycles. The van der Waals surface area contributed by atoms with Gasteiger partial charge in [-0.25, -0.2) is 9.97 Å². The molecule has 0 amide bonds. The van der Waals surface area contributed by atoms with Crippen molar-refractivity contribution in [1.82, 2.24) is 14.4 Å². The van der Waals surface area contributed by atoms with Crippen LogP contribution in [0.1, 0.15) is 34.0 Å². The maximum absolute atomic E-state index is 12.7. The first-order valence-electron chi connectivity index (χ1n) is 8.24. The number of Topliss-reactive ketones (excluding diaryl/α,β-unsaturated/α-hetero) is 1. The van der Waals surface area contributed by atoms with Crippen molar-refractivity contribution in [3.05, 3.63) is 76.6 Å². The third-order valence-electron chi connectivity index (χ3n) is 4.89. The van der Waals surface area contributed by atoms with Gasteiger partial charge in [-0.1, -0.05) is 35.9 Å². The van der Waals surface area contributed by atoms with Crippen molar-refractivity contribution in [2.45, 2.75) is 18.8 Å². The number of fused-ring (bicyclic) bond motifs is 4. The van der Waals surface area contributed by atoms with Gasteiger partial charge >= 0.3 is 0 Å². The zero-order valence-electron chi connectivity index (χ0n) is 13.3. The van der Waals surface area contributed by atoms with Crippen LogP contribution in [0, 0.1) is 0 Å². The summed E-state index contributed by atoms with van der Waals surface area (Å²) in [5.74, 6) is 0.912. The number of halogens is 1. The Bertz CT molecular complexity index is 1130. The fraction of sp³-hybridized carbons (Fsp3) is 0.150. The molecule has 4 aromatic rings. The summed E-state index contributed by atoms with van der Waals surface area (Å²) >= 11 is 5.97. The molecule has 4 nitrogen and oxygen atoms in total. The number of benzene rings is 2. The standard InChI is InChI=1S/C20H14ClN3O/c21-14-7-5-12(6-8-14)13-9-17-15(19(25)10-13)11-24-18-4-2-1-3-16(18)22-20(24)23-17/h1-8,11,13H,9-10H2/t13-/m0/s1. The van der Waals surface area contributed by atoms with Gasteiger partial charge in [-0.05, 0) is 42.2 Å². The number of nitrogens with zero attached hydrogens (tertiary/aromatic N) is 3. The fourth-order valence-corrected chi connectivity index (χ4v) is 3.75. The summed E-state index contributed by atoms with van der Waals surface area (Å²) in [7, 11) is 0. The number of carbonyl (C=O) groups is 1. The van der Waals surface area contributed by atoms with E-state index in [0.29, 0.717) is 22.8 Å². The van der Waals surface area contributed by atoms with Crippen LogP contribution in [-0.4, -0.2) is 20.2 Å². The second-order valence-corrected chi connectivity index (χ2v) is 6.89. The Morgan fingerprint density at radius 2 is 1.80 bits per heavy atom. The molecule has 1 atom stereocenters. The quantitative estimate of drug-likeness (QED) is 0.511. The molecule has 5 rings (SSSR count). The van der Waals surface area contributed by atoms with Crippen LogP contribution in [0.5, 0.6) is 0 Å². The van der Waals surface area contributed by atoms with Crippen molar-refractivity contribution < 1.29 is 4.79 Å². The molecular weight excluding hydrogens is 334 g/mol. The molecule has 0 fully saturated rings. The Morgan fingerprint density at radius 3 is 2.64 bits per heavy atom. The fourth-order valence-electron chi connectivity index (χ4n) is 3.62. The largest absolute Gasteiger partial charge is 0.294 e. The van der Waals surface area contributed by atoms with E-state index >= 15 is 0 Å². The van der Waals surface area contributed by atoms with E-state index in [-0.39, 0.29) is 11.7 Å². The second kappa shape index (κ2) is 5.39. The van der Waals surface area contributed by atoms with Crippen molar-refractivity contribution in [2.75, 3.05) is 0 Å². The second-order valence-electron chi connectivity index (χ2n) is 6.45. The summed E-state index contributed by atoms with van der Waals surface area (Å²) < 4.78 is 1.91. The normalized spacial score (nSPS) is 17.2. The predicted octanol–water partition coefficient (Wildman–Crippen LogP) is 4.45. The Kier molecular flexibility index (Phi) is 3.15. The van der Waals surface area contributed by atoms with Gasteiger partial charge < -0.3 is 0 Å². The molecule has 0 aliphatic heterocycles. The number of ketones is 1. The lowest BCUT2D eigenvalue weighted by Gasteiger charge is -2.23. The van der Waals surface area contributed by atoms with E-state index in [1.165, 1.54) is 0 Å². The summed E-state index contributed by atoms with van der Waals surface area (Å²) in [6.45, 7) is 0. The van der Waals surface area contributed by atoms with Crippen molar-refractivity contribution in [3.8, 4) is 0 Å². The van der Waals surface area contributed by atoms with E-state index in [1.807, 2.05) is 59.1 Å². The van der Waals surface area contributed by atoms with E-state index in [0.717, 1.165) is 28.7 Å². The highest BCUT2D eigenvalue weighted by Gasteiger charge is 2.28. The molecule has 2 aromatic carbocycles. The van der Waals surface area contributed by atoms with E-state index in [9.17, 15) is 4.79 Å². The van der Waals surface area contributed by atoms with E-state index in [1.54, 1.807) is 0 Å². The molecule has 0 bridgehead atoms. The van der Waals surface area contributed by atoms with E-state index in [2.05, 4.69) is 4.98 Å². The molecule has 122 valence electrons. The summed E-state index contributed by atoms with van der Waals surface area (Å²) in [5, 5.41) is 0.704. The molecule has 1 aliphatic carbocycles. The number of hydrogen-bond donors (Lipinski definition) is 0. The van der Waals surface area contributed by atoms with Crippen LogP contribution in [0.25, 0.3) is 16.8 Å². The van der Waals surface area contributed by atoms with Gasteiger partial charge in [-0.15, -0.1) is 0 Å². The molecule has 2 heterocycles. The van der Waals surface area contributed by atoms with E-state index < -0.39 is 0 Å². The topological polar surface area (TPSA) is 47.3 Å². The lowest BCUT2D eigenvalue weighted by Crippen LogP contribution is -2.21. The maximum atomic E-state index is 12.7.